The number of esters is 1. The molecule has 2 aliphatic rings. The molecule has 3 nitrogen and oxygen atoms in total. The van der Waals surface area contributed by atoms with Gasteiger partial charge in [0.2, 0.25) is 0 Å². The second kappa shape index (κ2) is 6.30. The number of ether oxygens (including phenoxy) is 2. The number of hydrogen-bond donors (Lipinski definition) is 0. The largest absolute Gasteiger partial charge is 0.466 e. The van der Waals surface area contributed by atoms with Crippen LogP contribution in [-0.2, 0) is 14.3 Å². The van der Waals surface area contributed by atoms with E-state index in [2.05, 4.69) is 18.6 Å². The second-order valence-corrected chi connectivity index (χ2v) is 6.70. The van der Waals surface area contributed by atoms with Crippen LogP contribution in [0.25, 0.3) is 0 Å². The molecule has 2 fully saturated rings. The third-order valence-electron chi connectivity index (χ3n) is 5.81. The SMILES string of the molecule is COC(=O)/C=C/[C@@H](C)[C@H]1CCC2C(OC)CCC[C@@]21C. The molecule has 0 saturated heterocycles. The summed E-state index contributed by atoms with van der Waals surface area (Å²) in [6, 6.07) is 0. The van der Waals surface area contributed by atoms with E-state index < -0.39 is 0 Å². The highest BCUT2D eigenvalue weighted by atomic mass is 16.5. The van der Waals surface area contributed by atoms with Gasteiger partial charge in [0, 0.05) is 13.2 Å². The predicted octanol–water partition coefficient (Wildman–Crippen LogP) is 3.58. The molecule has 0 aromatic rings. The molecular formula is C17H28O3. The molecule has 0 amide bonds. The molecule has 2 saturated carbocycles. The van der Waals surface area contributed by atoms with E-state index in [1.807, 2.05) is 13.2 Å². The van der Waals surface area contributed by atoms with E-state index in [0.717, 1.165) is 0 Å². The average Bonchev–Trinajstić information content (AvgIpc) is 2.81. The van der Waals surface area contributed by atoms with Gasteiger partial charge in [0.1, 0.15) is 0 Å². The summed E-state index contributed by atoms with van der Waals surface area (Å²) in [6.07, 6.45) is 10.3. The molecule has 0 spiro atoms. The first-order valence-corrected chi connectivity index (χ1v) is 7.82. The van der Waals surface area contributed by atoms with Gasteiger partial charge in [-0.05, 0) is 48.9 Å². The fourth-order valence-corrected chi connectivity index (χ4v) is 4.74. The monoisotopic (exact) mass is 280 g/mol. The third-order valence-corrected chi connectivity index (χ3v) is 5.81. The Morgan fingerprint density at radius 3 is 2.70 bits per heavy atom. The first-order chi connectivity index (χ1) is 9.52. The fraction of sp³-hybridized carbons (Fsp3) is 0.824. The topological polar surface area (TPSA) is 35.5 Å². The molecule has 3 heteroatoms. The summed E-state index contributed by atoms with van der Waals surface area (Å²) in [5, 5.41) is 0. The minimum atomic E-state index is -0.255. The maximum absolute atomic E-state index is 11.3. The molecule has 0 bridgehead atoms. The van der Waals surface area contributed by atoms with Crippen molar-refractivity contribution in [1.29, 1.82) is 0 Å². The first-order valence-electron chi connectivity index (χ1n) is 7.82. The maximum Gasteiger partial charge on any atom is 0.330 e. The van der Waals surface area contributed by atoms with E-state index in [1.54, 1.807) is 6.08 Å². The number of methoxy groups -OCH3 is 2. The molecule has 0 radical (unpaired) electrons. The van der Waals surface area contributed by atoms with Crippen LogP contribution in [0.3, 0.4) is 0 Å². The Labute approximate surface area is 122 Å². The Bertz CT molecular complexity index is 376. The van der Waals surface area contributed by atoms with Crippen molar-refractivity contribution in [3.05, 3.63) is 12.2 Å². The highest BCUT2D eigenvalue weighted by molar-refractivity contribution is 5.81. The van der Waals surface area contributed by atoms with Crippen LogP contribution < -0.4 is 0 Å². The lowest BCUT2D eigenvalue weighted by molar-refractivity contribution is -0.134. The van der Waals surface area contributed by atoms with Gasteiger partial charge in [-0.3, -0.25) is 0 Å². The molecule has 20 heavy (non-hydrogen) atoms. The third kappa shape index (κ3) is 2.78. The van der Waals surface area contributed by atoms with Crippen LogP contribution in [0.2, 0.25) is 0 Å². The summed E-state index contributed by atoms with van der Waals surface area (Å²) in [7, 11) is 3.28. The number of hydrogen-bond acceptors (Lipinski definition) is 3. The van der Waals surface area contributed by atoms with Crippen LogP contribution in [0.4, 0.5) is 0 Å². The van der Waals surface area contributed by atoms with Crippen LogP contribution in [0.15, 0.2) is 12.2 Å². The van der Waals surface area contributed by atoms with Crippen molar-refractivity contribution in [2.24, 2.45) is 23.2 Å². The Balaban J connectivity index is 2.10. The van der Waals surface area contributed by atoms with Crippen molar-refractivity contribution in [3.63, 3.8) is 0 Å². The Morgan fingerprint density at radius 2 is 2.05 bits per heavy atom. The van der Waals surface area contributed by atoms with Crippen molar-refractivity contribution in [3.8, 4) is 0 Å². The highest BCUT2D eigenvalue weighted by Gasteiger charge is 2.52. The van der Waals surface area contributed by atoms with Gasteiger partial charge >= 0.3 is 5.97 Å². The normalized spacial score (nSPS) is 38.7. The maximum atomic E-state index is 11.3. The van der Waals surface area contributed by atoms with E-state index in [9.17, 15) is 4.79 Å². The molecule has 0 aromatic carbocycles. The molecule has 0 aromatic heterocycles. The molecule has 0 heterocycles. The van der Waals surface area contributed by atoms with Gasteiger partial charge in [-0.1, -0.05) is 26.3 Å². The number of carbonyl (C=O) groups excluding carboxylic acids is 1. The number of fused-ring (bicyclic) bond motifs is 1. The smallest absolute Gasteiger partial charge is 0.330 e. The molecule has 5 atom stereocenters. The van der Waals surface area contributed by atoms with Crippen molar-refractivity contribution in [2.45, 2.75) is 52.1 Å². The lowest BCUT2D eigenvalue weighted by Gasteiger charge is -2.45. The first kappa shape index (κ1) is 15.6. The molecular weight excluding hydrogens is 252 g/mol. The summed E-state index contributed by atoms with van der Waals surface area (Å²) < 4.78 is 10.4. The summed E-state index contributed by atoms with van der Waals surface area (Å²) in [6.45, 7) is 4.66. The van der Waals surface area contributed by atoms with E-state index in [-0.39, 0.29) is 5.97 Å². The van der Waals surface area contributed by atoms with Crippen molar-refractivity contribution < 1.29 is 14.3 Å². The van der Waals surface area contributed by atoms with Crippen LogP contribution in [0.5, 0.6) is 0 Å². The predicted molar refractivity (Wildman–Crippen MR) is 79.3 cm³/mol. The Morgan fingerprint density at radius 1 is 1.30 bits per heavy atom. The van der Waals surface area contributed by atoms with E-state index >= 15 is 0 Å². The summed E-state index contributed by atoms with van der Waals surface area (Å²) in [5.41, 5.74) is 0.360. The number of carbonyl (C=O) groups is 1. The number of rotatable bonds is 4. The minimum absolute atomic E-state index is 0.255. The Kier molecular flexibility index (Phi) is 4.90. The van der Waals surface area contributed by atoms with Crippen molar-refractivity contribution in [1.82, 2.24) is 0 Å². The van der Waals surface area contributed by atoms with Gasteiger partial charge in [-0.2, -0.15) is 0 Å². The molecule has 2 unspecified atom stereocenters. The zero-order chi connectivity index (χ0) is 14.8. The van der Waals surface area contributed by atoms with Gasteiger partial charge < -0.3 is 9.47 Å². The summed E-state index contributed by atoms with van der Waals surface area (Å²) in [4.78, 5) is 11.3. The van der Waals surface area contributed by atoms with Crippen LogP contribution in [0.1, 0.15) is 46.0 Å². The Hall–Kier alpha value is -0.830. The summed E-state index contributed by atoms with van der Waals surface area (Å²) in [5.74, 6) is 1.49. The van der Waals surface area contributed by atoms with Crippen LogP contribution in [0, 0.1) is 23.2 Å². The molecule has 2 aliphatic carbocycles. The van der Waals surface area contributed by atoms with Gasteiger partial charge in [-0.15, -0.1) is 0 Å². The zero-order valence-corrected chi connectivity index (χ0v) is 13.2. The van der Waals surface area contributed by atoms with Gasteiger partial charge in [-0.25, -0.2) is 4.79 Å². The fourth-order valence-electron chi connectivity index (χ4n) is 4.74. The standard InChI is InChI=1S/C17H28O3/c1-12(7-10-16(18)20-4)13-8-9-14-15(19-3)6-5-11-17(13,14)2/h7,10,12-15H,5-6,8-9,11H2,1-4H3/b10-7+/t12-,13-,14?,15?,17-/m1/s1. The number of allylic oxidation sites excluding steroid dienone is 1. The van der Waals surface area contributed by atoms with E-state index in [4.69, 9.17) is 4.74 Å². The summed E-state index contributed by atoms with van der Waals surface area (Å²) >= 11 is 0. The van der Waals surface area contributed by atoms with Crippen molar-refractivity contribution >= 4 is 5.97 Å². The average molecular weight is 280 g/mol. The van der Waals surface area contributed by atoms with Crippen LogP contribution in [-0.4, -0.2) is 26.3 Å². The van der Waals surface area contributed by atoms with E-state index in [1.165, 1.54) is 39.2 Å². The lowest BCUT2D eigenvalue weighted by atomic mass is 9.62. The van der Waals surface area contributed by atoms with Crippen molar-refractivity contribution in [2.75, 3.05) is 14.2 Å². The van der Waals surface area contributed by atoms with Gasteiger partial charge in [0.05, 0.1) is 13.2 Å². The molecule has 0 N–H and O–H groups in total. The zero-order valence-electron chi connectivity index (χ0n) is 13.2. The van der Waals surface area contributed by atoms with Gasteiger partial charge in [0.25, 0.3) is 0 Å². The quantitative estimate of drug-likeness (QED) is 0.583. The second-order valence-electron chi connectivity index (χ2n) is 6.70. The van der Waals surface area contributed by atoms with Gasteiger partial charge in [0.15, 0.2) is 0 Å². The lowest BCUT2D eigenvalue weighted by Crippen LogP contribution is -2.42. The highest BCUT2D eigenvalue weighted by Crippen LogP contribution is 2.58. The van der Waals surface area contributed by atoms with E-state index in [0.29, 0.717) is 29.3 Å². The van der Waals surface area contributed by atoms with Crippen LogP contribution >= 0.6 is 0 Å². The molecule has 0 aliphatic heterocycles. The molecule has 114 valence electrons. The minimum Gasteiger partial charge on any atom is -0.466 e. The molecule has 2 rings (SSSR count).